The van der Waals surface area contributed by atoms with Crippen LogP contribution in [0.15, 0.2) is 72.8 Å². The number of benzene rings is 3. The number of ether oxygens (including phenoxy) is 1. The number of aromatic nitrogens is 2. The van der Waals surface area contributed by atoms with Crippen LogP contribution in [0.4, 0.5) is 13.2 Å². The topological polar surface area (TPSA) is 47.3 Å². The van der Waals surface area contributed by atoms with Gasteiger partial charge in [-0.05, 0) is 53.6 Å². The zero-order valence-corrected chi connectivity index (χ0v) is 17.8. The Labute approximate surface area is 191 Å². The second-order valence-electron chi connectivity index (χ2n) is 6.86. The van der Waals surface area contributed by atoms with E-state index in [1.165, 1.54) is 12.1 Å². The fourth-order valence-corrected chi connectivity index (χ4v) is 3.66. The van der Waals surface area contributed by atoms with E-state index in [1.807, 2.05) is 12.1 Å². The van der Waals surface area contributed by atoms with E-state index in [-0.39, 0.29) is 33.8 Å². The van der Waals surface area contributed by atoms with Crippen LogP contribution in [0, 0.1) is 0 Å². The molecule has 3 aromatic carbocycles. The van der Waals surface area contributed by atoms with Crippen LogP contribution in [0.2, 0.25) is 10.0 Å². The lowest BCUT2D eigenvalue weighted by Crippen LogP contribution is -2.09. The summed E-state index contributed by atoms with van der Waals surface area (Å²) in [5.41, 5.74) is 0.998. The highest BCUT2D eigenvalue weighted by Crippen LogP contribution is 2.34. The van der Waals surface area contributed by atoms with Gasteiger partial charge in [0, 0.05) is 0 Å². The van der Waals surface area contributed by atoms with Crippen LogP contribution in [-0.4, -0.2) is 14.9 Å². The zero-order valence-electron chi connectivity index (χ0n) is 16.3. The Morgan fingerprint density at radius 1 is 0.875 bits per heavy atom. The van der Waals surface area contributed by atoms with Crippen LogP contribution in [-0.2, 0) is 12.8 Å². The van der Waals surface area contributed by atoms with Crippen molar-refractivity contribution in [3.05, 3.63) is 94.2 Å². The fraction of sp³-hybridized carbons (Fsp3) is 0.0870. The number of rotatable bonds is 5. The first-order valence-electron chi connectivity index (χ1n) is 9.35. The smallest absolute Gasteiger partial charge is 0.435 e. The van der Waals surface area contributed by atoms with Crippen LogP contribution in [0.25, 0.3) is 16.8 Å². The number of nitrogens with zero attached hydrogens (tertiary/aromatic N) is 2. The molecule has 164 valence electrons. The Kier molecular flexibility index (Phi) is 6.04. The molecule has 0 amide bonds. The average molecular weight is 479 g/mol. The summed E-state index contributed by atoms with van der Waals surface area (Å²) in [5, 5.41) is 13.4. The quantitative estimate of drug-likeness (QED) is 0.331. The van der Waals surface area contributed by atoms with E-state index in [0.29, 0.717) is 5.75 Å². The van der Waals surface area contributed by atoms with Gasteiger partial charge in [0.05, 0.1) is 15.7 Å². The molecule has 32 heavy (non-hydrogen) atoms. The number of hydrogen-bond acceptors (Lipinski definition) is 3. The van der Waals surface area contributed by atoms with Crippen molar-refractivity contribution in [1.82, 2.24) is 9.78 Å². The highest BCUT2D eigenvalue weighted by Gasteiger charge is 2.35. The molecule has 0 fully saturated rings. The van der Waals surface area contributed by atoms with Crippen molar-refractivity contribution < 1.29 is 23.0 Å². The van der Waals surface area contributed by atoms with Gasteiger partial charge in [0.2, 0.25) is 0 Å². The van der Waals surface area contributed by atoms with E-state index in [4.69, 9.17) is 27.9 Å². The summed E-state index contributed by atoms with van der Waals surface area (Å²) < 4.78 is 46.7. The minimum absolute atomic E-state index is 0.134. The molecule has 4 nitrogen and oxygen atoms in total. The van der Waals surface area contributed by atoms with Gasteiger partial charge in [-0.25, -0.2) is 4.68 Å². The second-order valence-corrected chi connectivity index (χ2v) is 7.68. The maximum Gasteiger partial charge on any atom is 0.435 e. The molecule has 0 aliphatic heterocycles. The largest absolute Gasteiger partial charge is 0.508 e. The minimum Gasteiger partial charge on any atom is -0.508 e. The summed E-state index contributed by atoms with van der Waals surface area (Å²) in [7, 11) is 0. The third kappa shape index (κ3) is 4.69. The predicted octanol–water partition coefficient (Wildman–Crippen LogP) is 7.15. The van der Waals surface area contributed by atoms with Crippen LogP contribution in [0.5, 0.6) is 11.5 Å². The molecule has 9 heteroatoms. The second kappa shape index (κ2) is 8.76. The summed E-state index contributed by atoms with van der Waals surface area (Å²) in [4.78, 5) is 0. The van der Waals surface area contributed by atoms with Gasteiger partial charge in [0.1, 0.15) is 23.8 Å². The van der Waals surface area contributed by atoms with Crippen molar-refractivity contribution in [3.8, 4) is 28.3 Å². The highest BCUT2D eigenvalue weighted by atomic mass is 35.5. The number of para-hydroxylation sites is 1. The van der Waals surface area contributed by atoms with Crippen molar-refractivity contribution in [1.29, 1.82) is 0 Å². The van der Waals surface area contributed by atoms with Crippen molar-refractivity contribution in [2.45, 2.75) is 12.8 Å². The first-order valence-corrected chi connectivity index (χ1v) is 10.1. The molecule has 0 aliphatic rings. The van der Waals surface area contributed by atoms with Gasteiger partial charge in [0.15, 0.2) is 5.69 Å². The zero-order chi connectivity index (χ0) is 22.9. The Hall–Kier alpha value is -3.16. The average Bonchev–Trinajstić information content (AvgIpc) is 3.17. The van der Waals surface area contributed by atoms with Gasteiger partial charge in [-0.3, -0.25) is 0 Å². The van der Waals surface area contributed by atoms with Crippen molar-refractivity contribution in [2.75, 3.05) is 0 Å². The fourth-order valence-electron chi connectivity index (χ4n) is 3.10. The molecule has 4 aromatic rings. The molecule has 1 heterocycles. The van der Waals surface area contributed by atoms with E-state index >= 15 is 0 Å². The Morgan fingerprint density at radius 2 is 1.44 bits per heavy atom. The summed E-state index contributed by atoms with van der Waals surface area (Å²) in [6, 6.07) is 19.3. The van der Waals surface area contributed by atoms with Gasteiger partial charge in [-0.1, -0.05) is 53.5 Å². The number of halogens is 5. The first kappa shape index (κ1) is 22.0. The number of aromatic hydroxyl groups is 1. The van der Waals surface area contributed by atoms with Gasteiger partial charge < -0.3 is 9.84 Å². The lowest BCUT2D eigenvalue weighted by atomic mass is 10.1. The van der Waals surface area contributed by atoms with Crippen molar-refractivity contribution in [2.24, 2.45) is 0 Å². The summed E-state index contributed by atoms with van der Waals surface area (Å²) in [6.07, 6.45) is -4.64. The molecular weight excluding hydrogens is 464 g/mol. The van der Waals surface area contributed by atoms with Crippen LogP contribution in [0.3, 0.4) is 0 Å². The normalized spacial score (nSPS) is 11.5. The highest BCUT2D eigenvalue weighted by molar-refractivity contribution is 6.37. The molecule has 4 rings (SSSR count). The maximum atomic E-state index is 13.3. The third-order valence-corrected chi connectivity index (χ3v) is 5.27. The monoisotopic (exact) mass is 478 g/mol. The lowest BCUT2D eigenvalue weighted by molar-refractivity contribution is -0.141. The van der Waals surface area contributed by atoms with Crippen LogP contribution < -0.4 is 4.74 Å². The molecular formula is C23H15Cl2F3N2O2. The molecule has 1 aromatic heterocycles. The van der Waals surface area contributed by atoms with Crippen LogP contribution >= 0.6 is 23.2 Å². The first-order chi connectivity index (χ1) is 15.2. The van der Waals surface area contributed by atoms with Crippen molar-refractivity contribution >= 4 is 23.2 Å². The molecule has 0 radical (unpaired) electrons. The standard InChI is InChI=1S/C23H15Cl2F3N2O2/c24-19-2-1-3-20(25)22(19)30-16(12-21(29-30)23(26,27)28)13-32-18-10-6-15(7-11-18)14-4-8-17(31)9-5-14/h1-12,31H,13H2. The number of phenolic OH excluding ortho intramolecular Hbond substituents is 1. The lowest BCUT2D eigenvalue weighted by Gasteiger charge is -2.12. The molecule has 0 saturated carbocycles. The van der Waals surface area contributed by atoms with Crippen LogP contribution in [0.1, 0.15) is 11.4 Å². The summed E-state index contributed by atoms with van der Waals surface area (Å²) >= 11 is 12.4. The molecule has 0 unspecified atom stereocenters. The Morgan fingerprint density at radius 3 is 2.00 bits per heavy atom. The van der Waals surface area contributed by atoms with Gasteiger partial charge in [0.25, 0.3) is 0 Å². The van der Waals surface area contributed by atoms with E-state index in [0.717, 1.165) is 21.9 Å². The molecule has 0 spiro atoms. The molecule has 0 bridgehead atoms. The molecule has 0 aliphatic carbocycles. The van der Waals surface area contributed by atoms with E-state index < -0.39 is 11.9 Å². The van der Waals surface area contributed by atoms with Gasteiger partial charge in [-0.2, -0.15) is 18.3 Å². The molecule has 0 saturated heterocycles. The number of phenols is 1. The van der Waals surface area contributed by atoms with Gasteiger partial charge in [-0.15, -0.1) is 0 Å². The van der Waals surface area contributed by atoms with Crippen molar-refractivity contribution in [3.63, 3.8) is 0 Å². The third-order valence-electron chi connectivity index (χ3n) is 4.66. The Bertz CT molecular complexity index is 1220. The predicted molar refractivity (Wildman–Crippen MR) is 116 cm³/mol. The number of hydrogen-bond donors (Lipinski definition) is 1. The molecule has 0 atom stereocenters. The molecule has 1 N–H and O–H groups in total. The van der Waals surface area contributed by atoms with E-state index in [2.05, 4.69) is 5.10 Å². The summed E-state index contributed by atoms with van der Waals surface area (Å²) in [5.74, 6) is 0.626. The van der Waals surface area contributed by atoms with Gasteiger partial charge >= 0.3 is 6.18 Å². The summed E-state index contributed by atoms with van der Waals surface area (Å²) in [6.45, 7) is -0.191. The maximum absolute atomic E-state index is 13.3. The Balaban J connectivity index is 1.60. The van der Waals surface area contributed by atoms with E-state index in [9.17, 15) is 18.3 Å². The van der Waals surface area contributed by atoms with E-state index in [1.54, 1.807) is 42.5 Å². The minimum atomic E-state index is -4.64. The number of alkyl halides is 3. The SMILES string of the molecule is Oc1ccc(-c2ccc(OCc3cc(C(F)(F)F)nn3-c3c(Cl)cccc3Cl)cc2)cc1.